The lowest BCUT2D eigenvalue weighted by atomic mass is 9.90. The summed E-state index contributed by atoms with van der Waals surface area (Å²) in [7, 11) is 1.38. The Kier molecular flexibility index (Phi) is 2.44. The second kappa shape index (κ2) is 3.82. The number of aromatic nitrogens is 1. The summed E-state index contributed by atoms with van der Waals surface area (Å²) in [5.41, 5.74) is 0.422. The van der Waals surface area contributed by atoms with Gasteiger partial charge in [-0.2, -0.15) is 0 Å². The van der Waals surface area contributed by atoms with Gasteiger partial charge in [-0.15, -0.1) is 11.3 Å². The molecule has 0 saturated carbocycles. The minimum atomic E-state index is -0.355. The standard InChI is InChI=1S/C11H13NO3S/c1-14-11(13)8-5-16-10(12-8)7-4-6-2-3-9(7)15-6/h5-7,9H,2-4H2,1H3. The van der Waals surface area contributed by atoms with E-state index in [4.69, 9.17) is 4.74 Å². The molecule has 2 aliphatic heterocycles. The van der Waals surface area contributed by atoms with E-state index in [0.717, 1.165) is 17.8 Å². The monoisotopic (exact) mass is 239 g/mol. The maximum absolute atomic E-state index is 11.3. The molecular formula is C11H13NO3S. The van der Waals surface area contributed by atoms with E-state index in [2.05, 4.69) is 9.72 Å². The minimum Gasteiger partial charge on any atom is -0.464 e. The molecule has 0 N–H and O–H groups in total. The molecule has 86 valence electrons. The molecule has 1 aromatic rings. The molecule has 0 aromatic carbocycles. The van der Waals surface area contributed by atoms with Crippen molar-refractivity contribution in [1.29, 1.82) is 0 Å². The summed E-state index contributed by atoms with van der Waals surface area (Å²) < 4.78 is 10.4. The van der Waals surface area contributed by atoms with Crippen LogP contribution in [0.25, 0.3) is 0 Å². The molecule has 2 bridgehead atoms. The predicted octanol–water partition coefficient (Wildman–Crippen LogP) is 1.96. The van der Waals surface area contributed by atoms with Crippen molar-refractivity contribution in [2.24, 2.45) is 0 Å². The quantitative estimate of drug-likeness (QED) is 0.740. The third kappa shape index (κ3) is 1.55. The molecule has 1 aromatic heterocycles. The maximum atomic E-state index is 11.3. The molecule has 3 rings (SSSR count). The zero-order valence-electron chi connectivity index (χ0n) is 9.01. The zero-order chi connectivity index (χ0) is 11.1. The number of methoxy groups -OCH3 is 1. The van der Waals surface area contributed by atoms with Crippen LogP contribution in [-0.2, 0) is 9.47 Å². The lowest BCUT2D eigenvalue weighted by Crippen LogP contribution is -2.14. The first-order valence-corrected chi connectivity index (χ1v) is 6.35. The average molecular weight is 239 g/mol. The Labute approximate surface area is 97.6 Å². The molecule has 0 radical (unpaired) electrons. The summed E-state index contributed by atoms with van der Waals surface area (Å²) in [6.07, 6.45) is 4.10. The van der Waals surface area contributed by atoms with Crippen molar-refractivity contribution in [3.05, 3.63) is 16.1 Å². The number of ether oxygens (including phenoxy) is 2. The fraction of sp³-hybridized carbons (Fsp3) is 0.636. The van der Waals surface area contributed by atoms with E-state index in [1.165, 1.54) is 24.9 Å². The smallest absolute Gasteiger partial charge is 0.357 e. The van der Waals surface area contributed by atoms with Gasteiger partial charge in [0, 0.05) is 11.3 Å². The van der Waals surface area contributed by atoms with Gasteiger partial charge in [-0.25, -0.2) is 9.78 Å². The van der Waals surface area contributed by atoms with Crippen LogP contribution in [0.4, 0.5) is 0 Å². The lowest BCUT2D eigenvalue weighted by molar-refractivity contribution is 0.0594. The van der Waals surface area contributed by atoms with Crippen LogP contribution in [0.1, 0.15) is 40.7 Å². The fourth-order valence-electron chi connectivity index (χ4n) is 2.55. The zero-order valence-corrected chi connectivity index (χ0v) is 9.83. The van der Waals surface area contributed by atoms with Crippen molar-refractivity contribution in [2.75, 3.05) is 7.11 Å². The molecule has 2 aliphatic rings. The first kappa shape index (κ1) is 10.2. The lowest BCUT2D eigenvalue weighted by Gasteiger charge is -2.15. The SMILES string of the molecule is COC(=O)c1csc(C2CC3CCC2O3)n1. The van der Waals surface area contributed by atoms with Crippen molar-refractivity contribution in [3.63, 3.8) is 0 Å². The number of thiazole rings is 1. The first-order valence-electron chi connectivity index (χ1n) is 5.47. The van der Waals surface area contributed by atoms with Crippen molar-refractivity contribution in [2.45, 2.75) is 37.4 Å². The van der Waals surface area contributed by atoms with Crippen LogP contribution in [0.3, 0.4) is 0 Å². The highest BCUT2D eigenvalue weighted by Gasteiger charge is 2.42. The van der Waals surface area contributed by atoms with Gasteiger partial charge in [0.25, 0.3) is 0 Å². The van der Waals surface area contributed by atoms with E-state index < -0.39 is 0 Å². The largest absolute Gasteiger partial charge is 0.464 e. The molecule has 3 heterocycles. The molecule has 0 spiro atoms. The number of hydrogen-bond donors (Lipinski definition) is 0. The number of fused-ring (bicyclic) bond motifs is 2. The Morgan fingerprint density at radius 3 is 3.12 bits per heavy atom. The average Bonchev–Trinajstić information content (AvgIpc) is 3.02. The molecule has 5 heteroatoms. The van der Waals surface area contributed by atoms with Crippen LogP contribution >= 0.6 is 11.3 Å². The first-order chi connectivity index (χ1) is 7.78. The van der Waals surface area contributed by atoms with E-state index in [0.29, 0.717) is 23.8 Å². The van der Waals surface area contributed by atoms with E-state index in [1.807, 2.05) is 0 Å². The van der Waals surface area contributed by atoms with Crippen LogP contribution in [0, 0.1) is 0 Å². The molecule has 3 unspecified atom stereocenters. The normalized spacial score (nSPS) is 31.9. The van der Waals surface area contributed by atoms with Crippen molar-refractivity contribution in [1.82, 2.24) is 4.98 Å². The summed E-state index contributed by atoms with van der Waals surface area (Å²) in [5, 5.41) is 2.79. The Morgan fingerprint density at radius 1 is 1.62 bits per heavy atom. The van der Waals surface area contributed by atoms with Gasteiger partial charge in [-0.05, 0) is 19.3 Å². The van der Waals surface area contributed by atoms with Gasteiger partial charge in [-0.3, -0.25) is 0 Å². The topological polar surface area (TPSA) is 48.4 Å². The van der Waals surface area contributed by atoms with Gasteiger partial charge >= 0.3 is 5.97 Å². The fourth-order valence-corrected chi connectivity index (χ4v) is 3.51. The number of hydrogen-bond acceptors (Lipinski definition) is 5. The van der Waals surface area contributed by atoms with Gasteiger partial charge in [-0.1, -0.05) is 0 Å². The van der Waals surface area contributed by atoms with Crippen LogP contribution in [0.15, 0.2) is 5.38 Å². The van der Waals surface area contributed by atoms with E-state index in [1.54, 1.807) is 5.38 Å². The summed E-state index contributed by atoms with van der Waals surface area (Å²) >= 11 is 1.54. The highest BCUT2D eigenvalue weighted by atomic mass is 32.1. The van der Waals surface area contributed by atoms with Crippen LogP contribution in [0.5, 0.6) is 0 Å². The molecule has 0 aliphatic carbocycles. The van der Waals surface area contributed by atoms with E-state index in [-0.39, 0.29) is 5.97 Å². The summed E-state index contributed by atoms with van der Waals surface area (Å²) in [5.74, 6) is 0.0359. The molecule has 3 atom stereocenters. The van der Waals surface area contributed by atoms with Crippen LogP contribution in [-0.4, -0.2) is 30.3 Å². The predicted molar refractivity (Wildman–Crippen MR) is 58.7 cm³/mol. The van der Waals surface area contributed by atoms with Gasteiger partial charge in [0.2, 0.25) is 0 Å². The number of carbonyl (C=O) groups excluding carboxylic acids is 1. The minimum absolute atomic E-state index is 0.321. The maximum Gasteiger partial charge on any atom is 0.357 e. The van der Waals surface area contributed by atoms with E-state index in [9.17, 15) is 4.79 Å². The molecular weight excluding hydrogens is 226 g/mol. The highest BCUT2D eigenvalue weighted by molar-refractivity contribution is 7.09. The Bertz CT molecular complexity index is 417. The van der Waals surface area contributed by atoms with Gasteiger partial charge in [0.15, 0.2) is 5.69 Å². The molecule has 0 amide bonds. The number of rotatable bonds is 2. The number of carbonyl (C=O) groups is 1. The second-order valence-corrected chi connectivity index (χ2v) is 5.17. The van der Waals surface area contributed by atoms with Crippen molar-refractivity contribution < 1.29 is 14.3 Å². The Hall–Kier alpha value is -0.940. The number of nitrogens with zero attached hydrogens (tertiary/aromatic N) is 1. The Balaban J connectivity index is 1.80. The molecule has 4 nitrogen and oxygen atoms in total. The van der Waals surface area contributed by atoms with Crippen molar-refractivity contribution in [3.8, 4) is 0 Å². The molecule has 16 heavy (non-hydrogen) atoms. The van der Waals surface area contributed by atoms with Crippen LogP contribution < -0.4 is 0 Å². The third-order valence-electron chi connectivity index (χ3n) is 3.34. The number of esters is 1. The molecule has 2 saturated heterocycles. The van der Waals surface area contributed by atoms with E-state index >= 15 is 0 Å². The third-order valence-corrected chi connectivity index (χ3v) is 4.32. The summed E-state index contributed by atoms with van der Waals surface area (Å²) in [4.78, 5) is 15.6. The van der Waals surface area contributed by atoms with Crippen LogP contribution in [0.2, 0.25) is 0 Å². The highest BCUT2D eigenvalue weighted by Crippen LogP contribution is 2.45. The van der Waals surface area contributed by atoms with Crippen molar-refractivity contribution >= 4 is 17.3 Å². The Morgan fingerprint density at radius 2 is 2.50 bits per heavy atom. The summed E-state index contributed by atoms with van der Waals surface area (Å²) in [6, 6.07) is 0. The second-order valence-electron chi connectivity index (χ2n) is 4.28. The van der Waals surface area contributed by atoms with Gasteiger partial charge in [0.1, 0.15) is 0 Å². The van der Waals surface area contributed by atoms with Gasteiger partial charge in [0.05, 0.1) is 24.3 Å². The molecule has 2 fully saturated rings. The summed E-state index contributed by atoms with van der Waals surface area (Å²) in [6.45, 7) is 0. The van der Waals surface area contributed by atoms with Gasteiger partial charge < -0.3 is 9.47 Å².